The van der Waals surface area contributed by atoms with Gasteiger partial charge >= 0.3 is 6.01 Å². The molecule has 0 aliphatic heterocycles. The summed E-state index contributed by atoms with van der Waals surface area (Å²) >= 11 is 0. The van der Waals surface area contributed by atoms with Crippen molar-refractivity contribution in [2.45, 2.75) is 11.8 Å². The van der Waals surface area contributed by atoms with Gasteiger partial charge in [-0.1, -0.05) is 5.16 Å². The van der Waals surface area contributed by atoms with Crippen LogP contribution in [0.15, 0.2) is 82.5 Å². The van der Waals surface area contributed by atoms with Crippen molar-refractivity contribution < 1.29 is 22.5 Å². The number of hydrogen-bond donors (Lipinski definition) is 3. The van der Waals surface area contributed by atoms with Crippen LogP contribution in [0.2, 0.25) is 0 Å². The van der Waals surface area contributed by atoms with E-state index in [2.05, 4.69) is 30.7 Å². The summed E-state index contributed by atoms with van der Waals surface area (Å²) in [6.07, 6.45) is 3.20. The first kappa shape index (κ1) is 22.7. The van der Waals surface area contributed by atoms with Crippen LogP contribution in [0, 0.1) is 0 Å². The van der Waals surface area contributed by atoms with Gasteiger partial charge in [-0.25, -0.2) is 13.8 Å². The maximum absolute atomic E-state index is 12.6. The van der Waals surface area contributed by atoms with Gasteiger partial charge in [0.2, 0.25) is 5.82 Å². The number of carbonyl (C=O) groups is 1. The number of hydrazine groups is 1. The van der Waals surface area contributed by atoms with Gasteiger partial charge < -0.3 is 9.26 Å². The molecule has 2 aromatic heterocycles. The Balaban J connectivity index is 1.35. The predicted molar refractivity (Wildman–Crippen MR) is 123 cm³/mol. The molecule has 0 spiro atoms. The Morgan fingerprint density at radius 3 is 2.38 bits per heavy atom. The normalized spacial score (nSPS) is 11.0. The van der Waals surface area contributed by atoms with E-state index in [9.17, 15) is 13.2 Å². The Kier molecular flexibility index (Phi) is 6.69. The minimum Gasteiger partial charge on any atom is -0.494 e. The zero-order valence-corrected chi connectivity index (χ0v) is 18.7. The molecule has 0 radical (unpaired) electrons. The van der Waals surface area contributed by atoms with E-state index < -0.39 is 15.9 Å². The second kappa shape index (κ2) is 10.0. The summed E-state index contributed by atoms with van der Waals surface area (Å²) in [5.74, 6) is 0.437. The molecule has 0 saturated heterocycles. The molecule has 12 heteroatoms. The highest BCUT2D eigenvalue weighted by Crippen LogP contribution is 2.20. The molecule has 0 saturated carbocycles. The third-order valence-electron chi connectivity index (χ3n) is 4.49. The highest BCUT2D eigenvalue weighted by molar-refractivity contribution is 7.92. The SMILES string of the molecule is CCOc1ccc(S(=O)(=O)Nc2ccc(C(=O)NNc3nc(-c4ccncc4)no3)cc2)cc1. The van der Waals surface area contributed by atoms with E-state index in [0.29, 0.717) is 29.4 Å². The predicted octanol–water partition coefficient (Wildman–Crippen LogP) is 3.09. The summed E-state index contributed by atoms with van der Waals surface area (Å²) in [6.45, 7) is 2.33. The molecule has 1 amide bonds. The lowest BCUT2D eigenvalue weighted by molar-refractivity contribution is 0.0961. The Labute approximate surface area is 195 Å². The first-order valence-electron chi connectivity index (χ1n) is 10.1. The number of nitrogens with zero attached hydrogens (tertiary/aromatic N) is 3. The van der Waals surface area contributed by atoms with Crippen LogP contribution in [-0.2, 0) is 10.0 Å². The summed E-state index contributed by atoms with van der Waals surface area (Å²) < 4.78 is 38.0. The van der Waals surface area contributed by atoms with Crippen LogP contribution in [-0.4, -0.2) is 36.1 Å². The van der Waals surface area contributed by atoms with Crippen molar-refractivity contribution >= 4 is 27.6 Å². The minimum absolute atomic E-state index is 0.0000947. The first-order chi connectivity index (χ1) is 16.4. The molecule has 0 atom stereocenters. The largest absolute Gasteiger partial charge is 0.494 e. The molecular formula is C22H20N6O5S. The Bertz CT molecular complexity index is 1360. The molecule has 0 fully saturated rings. The number of rotatable bonds is 9. The van der Waals surface area contributed by atoms with Crippen molar-refractivity contribution in [2.24, 2.45) is 0 Å². The van der Waals surface area contributed by atoms with Crippen molar-refractivity contribution in [2.75, 3.05) is 16.8 Å². The lowest BCUT2D eigenvalue weighted by atomic mass is 10.2. The number of sulfonamides is 1. The minimum atomic E-state index is -3.79. The van der Waals surface area contributed by atoms with Gasteiger partial charge in [0.25, 0.3) is 15.9 Å². The molecule has 0 unspecified atom stereocenters. The first-order valence-corrected chi connectivity index (χ1v) is 11.6. The third kappa shape index (κ3) is 5.48. The third-order valence-corrected chi connectivity index (χ3v) is 5.89. The topological polar surface area (TPSA) is 148 Å². The lowest BCUT2D eigenvalue weighted by Crippen LogP contribution is -2.29. The van der Waals surface area contributed by atoms with Crippen LogP contribution in [0.4, 0.5) is 11.7 Å². The van der Waals surface area contributed by atoms with Gasteiger partial charge in [0, 0.05) is 29.2 Å². The zero-order valence-electron chi connectivity index (χ0n) is 17.9. The van der Waals surface area contributed by atoms with Crippen molar-refractivity contribution in [1.29, 1.82) is 0 Å². The number of nitrogens with one attached hydrogen (secondary N) is 3. The molecule has 0 aliphatic carbocycles. The number of pyridine rings is 1. The van der Waals surface area contributed by atoms with Crippen molar-refractivity contribution in [3.05, 3.63) is 78.6 Å². The van der Waals surface area contributed by atoms with Crippen molar-refractivity contribution in [1.82, 2.24) is 20.6 Å². The molecule has 4 aromatic rings. The molecular weight excluding hydrogens is 460 g/mol. The fourth-order valence-corrected chi connectivity index (χ4v) is 3.92. The Hall–Kier alpha value is -4.45. The Morgan fingerprint density at radius 2 is 1.71 bits per heavy atom. The number of ether oxygens (including phenoxy) is 1. The molecule has 174 valence electrons. The fourth-order valence-electron chi connectivity index (χ4n) is 2.86. The molecule has 0 bridgehead atoms. The van der Waals surface area contributed by atoms with Crippen molar-refractivity contribution in [3.63, 3.8) is 0 Å². The van der Waals surface area contributed by atoms with Crippen LogP contribution in [0.25, 0.3) is 11.4 Å². The van der Waals surface area contributed by atoms with E-state index in [-0.39, 0.29) is 16.5 Å². The Morgan fingerprint density at radius 1 is 1.00 bits per heavy atom. The molecule has 2 aromatic carbocycles. The highest BCUT2D eigenvalue weighted by Gasteiger charge is 2.15. The smallest absolute Gasteiger partial charge is 0.340 e. The summed E-state index contributed by atoms with van der Waals surface area (Å²) in [4.78, 5) is 20.5. The van der Waals surface area contributed by atoms with E-state index in [1.165, 1.54) is 36.4 Å². The van der Waals surface area contributed by atoms with Crippen LogP contribution in [0.5, 0.6) is 5.75 Å². The van der Waals surface area contributed by atoms with Crippen LogP contribution >= 0.6 is 0 Å². The maximum atomic E-state index is 12.6. The molecule has 0 aliphatic rings. The fraction of sp³-hybridized carbons (Fsp3) is 0.0909. The number of carbonyl (C=O) groups excluding carboxylic acids is 1. The van der Waals surface area contributed by atoms with Crippen molar-refractivity contribution in [3.8, 4) is 17.1 Å². The summed E-state index contributed by atoms with van der Waals surface area (Å²) in [7, 11) is -3.79. The number of hydrogen-bond acceptors (Lipinski definition) is 9. The quantitative estimate of drug-likeness (QED) is 0.307. The van der Waals surface area contributed by atoms with Gasteiger partial charge in [0.1, 0.15) is 5.75 Å². The second-order valence-electron chi connectivity index (χ2n) is 6.83. The van der Waals surface area contributed by atoms with Gasteiger partial charge in [-0.3, -0.25) is 19.9 Å². The molecule has 34 heavy (non-hydrogen) atoms. The summed E-state index contributed by atoms with van der Waals surface area (Å²) in [6, 6.07) is 15.4. The van der Waals surface area contributed by atoms with E-state index in [0.717, 1.165) is 0 Å². The summed E-state index contributed by atoms with van der Waals surface area (Å²) in [5, 5.41) is 3.82. The molecule has 2 heterocycles. The average molecular weight is 481 g/mol. The monoisotopic (exact) mass is 480 g/mol. The van der Waals surface area contributed by atoms with Crippen LogP contribution in [0.3, 0.4) is 0 Å². The van der Waals surface area contributed by atoms with Gasteiger partial charge in [-0.2, -0.15) is 4.98 Å². The number of aromatic nitrogens is 3. The van der Waals surface area contributed by atoms with Gasteiger partial charge in [-0.15, -0.1) is 0 Å². The van der Waals surface area contributed by atoms with Gasteiger partial charge in [-0.05, 0) is 67.6 Å². The van der Waals surface area contributed by atoms with Crippen LogP contribution < -0.4 is 20.3 Å². The van der Waals surface area contributed by atoms with E-state index in [1.807, 2.05) is 6.92 Å². The lowest BCUT2D eigenvalue weighted by Gasteiger charge is -2.10. The van der Waals surface area contributed by atoms with Gasteiger partial charge in [0.15, 0.2) is 0 Å². The number of anilines is 2. The second-order valence-corrected chi connectivity index (χ2v) is 8.51. The maximum Gasteiger partial charge on any atom is 0.340 e. The standard InChI is InChI=1S/C22H20N6O5S/c1-2-32-18-7-9-19(10-8-18)34(30,31)28-17-5-3-16(4-6-17)21(29)25-26-22-24-20(27-33-22)15-11-13-23-14-12-15/h3-14,28H,2H2,1H3,(H,25,29)(H,24,26,27). The van der Waals surface area contributed by atoms with Gasteiger partial charge in [0.05, 0.1) is 11.5 Å². The van der Waals surface area contributed by atoms with Crippen LogP contribution in [0.1, 0.15) is 17.3 Å². The molecule has 11 nitrogen and oxygen atoms in total. The van der Waals surface area contributed by atoms with E-state index >= 15 is 0 Å². The van der Waals surface area contributed by atoms with E-state index in [1.54, 1.807) is 36.7 Å². The number of amides is 1. The zero-order chi connectivity index (χ0) is 24.0. The molecule has 3 N–H and O–H groups in total. The number of benzene rings is 2. The highest BCUT2D eigenvalue weighted by atomic mass is 32.2. The summed E-state index contributed by atoms with van der Waals surface area (Å²) in [5.41, 5.74) is 6.28. The average Bonchev–Trinajstić information content (AvgIpc) is 3.33. The van der Waals surface area contributed by atoms with E-state index in [4.69, 9.17) is 9.26 Å². The molecule has 4 rings (SSSR count).